The molecule has 0 aromatic heterocycles. The van der Waals surface area contributed by atoms with Crippen molar-refractivity contribution in [3.8, 4) is 6.07 Å². The number of allylic oxidation sites excluding steroid dienone is 1. The van der Waals surface area contributed by atoms with Gasteiger partial charge in [-0.15, -0.1) is 0 Å². The van der Waals surface area contributed by atoms with Gasteiger partial charge in [-0.2, -0.15) is 5.26 Å². The van der Waals surface area contributed by atoms with Crippen molar-refractivity contribution in [3.05, 3.63) is 70.7 Å². The first kappa shape index (κ1) is 12.2. The molecule has 0 aliphatic carbocycles. The molecule has 0 unspecified atom stereocenters. The molecule has 0 aliphatic rings. The van der Waals surface area contributed by atoms with Gasteiger partial charge < -0.3 is 5.73 Å². The molecule has 88 valence electrons. The maximum atomic E-state index is 9.26. The van der Waals surface area contributed by atoms with E-state index >= 15 is 0 Å². The molecule has 2 aromatic carbocycles. The van der Waals surface area contributed by atoms with E-state index in [1.807, 2.05) is 42.5 Å². The molecule has 0 atom stereocenters. The van der Waals surface area contributed by atoms with E-state index in [0.29, 0.717) is 16.3 Å². The van der Waals surface area contributed by atoms with Crippen molar-refractivity contribution in [1.29, 1.82) is 5.26 Å². The van der Waals surface area contributed by atoms with Gasteiger partial charge in [-0.1, -0.05) is 54.1 Å². The van der Waals surface area contributed by atoms with E-state index < -0.39 is 0 Å². The first-order chi connectivity index (χ1) is 8.72. The monoisotopic (exact) mass is 254 g/mol. The Morgan fingerprint density at radius 3 is 2.28 bits per heavy atom. The van der Waals surface area contributed by atoms with Crippen molar-refractivity contribution >= 4 is 22.9 Å². The fourth-order valence-corrected chi connectivity index (χ4v) is 1.88. The molecule has 0 amide bonds. The largest absolute Gasteiger partial charge is 0.397 e. The van der Waals surface area contributed by atoms with Crippen LogP contribution in [0.25, 0.3) is 11.3 Å². The minimum absolute atomic E-state index is 0.436. The number of benzene rings is 2. The average molecular weight is 255 g/mol. The van der Waals surface area contributed by atoms with E-state index in [-0.39, 0.29) is 0 Å². The Morgan fingerprint density at radius 2 is 1.67 bits per heavy atom. The van der Waals surface area contributed by atoms with Crippen LogP contribution in [0.1, 0.15) is 11.1 Å². The molecule has 0 fully saturated rings. The quantitative estimate of drug-likeness (QED) is 0.656. The van der Waals surface area contributed by atoms with Crippen LogP contribution in [0, 0.1) is 11.3 Å². The summed E-state index contributed by atoms with van der Waals surface area (Å²) in [6.45, 7) is 0. The molecule has 0 aliphatic heterocycles. The average Bonchev–Trinajstić information content (AvgIpc) is 2.41. The molecule has 0 saturated carbocycles. The first-order valence-corrected chi connectivity index (χ1v) is 5.81. The van der Waals surface area contributed by atoms with Crippen molar-refractivity contribution in [2.24, 2.45) is 5.73 Å². The number of nitrogens with two attached hydrogens (primary N) is 1. The summed E-state index contributed by atoms with van der Waals surface area (Å²) in [6, 6.07) is 18.7. The summed E-state index contributed by atoms with van der Waals surface area (Å²) in [7, 11) is 0. The smallest absolute Gasteiger partial charge is 0.102 e. The molecule has 0 bridgehead atoms. The Bertz CT molecular complexity index is 624. The normalized spacial score (nSPS) is 11.6. The molecule has 0 spiro atoms. The lowest BCUT2D eigenvalue weighted by molar-refractivity contribution is 1.48. The second-order valence-corrected chi connectivity index (χ2v) is 4.21. The van der Waals surface area contributed by atoms with Crippen molar-refractivity contribution in [3.63, 3.8) is 0 Å². The van der Waals surface area contributed by atoms with Crippen LogP contribution in [0.4, 0.5) is 0 Å². The molecule has 0 heterocycles. The number of nitrogens with zero attached hydrogens (tertiary/aromatic N) is 1. The summed E-state index contributed by atoms with van der Waals surface area (Å²) < 4.78 is 0. The van der Waals surface area contributed by atoms with Crippen LogP contribution in [-0.2, 0) is 0 Å². The number of rotatable bonds is 2. The molecule has 2 rings (SSSR count). The highest BCUT2D eigenvalue weighted by Crippen LogP contribution is 2.23. The van der Waals surface area contributed by atoms with Crippen molar-refractivity contribution in [2.45, 2.75) is 0 Å². The number of nitriles is 1. The van der Waals surface area contributed by atoms with Crippen LogP contribution < -0.4 is 5.73 Å². The highest BCUT2D eigenvalue weighted by molar-refractivity contribution is 6.30. The van der Waals surface area contributed by atoms with Gasteiger partial charge >= 0.3 is 0 Å². The third-order valence-corrected chi connectivity index (χ3v) is 2.81. The molecular weight excluding hydrogens is 244 g/mol. The van der Waals surface area contributed by atoms with E-state index in [4.69, 9.17) is 17.3 Å². The maximum absolute atomic E-state index is 9.26. The van der Waals surface area contributed by atoms with Gasteiger partial charge in [0.1, 0.15) is 6.07 Å². The van der Waals surface area contributed by atoms with Gasteiger partial charge in [0.2, 0.25) is 0 Å². The predicted octanol–water partition coefficient (Wildman–Crippen LogP) is 3.69. The lowest BCUT2D eigenvalue weighted by Gasteiger charge is -2.06. The minimum atomic E-state index is 0.436. The van der Waals surface area contributed by atoms with Crippen LogP contribution in [-0.4, -0.2) is 0 Å². The zero-order valence-corrected chi connectivity index (χ0v) is 10.4. The van der Waals surface area contributed by atoms with Crippen LogP contribution in [0.15, 0.2) is 54.6 Å². The Hall–Kier alpha value is -2.24. The first-order valence-electron chi connectivity index (χ1n) is 5.43. The van der Waals surface area contributed by atoms with Gasteiger partial charge in [-0.05, 0) is 17.7 Å². The minimum Gasteiger partial charge on any atom is -0.397 e. The summed E-state index contributed by atoms with van der Waals surface area (Å²) in [5.41, 5.74) is 8.50. The Labute approximate surface area is 111 Å². The second kappa shape index (κ2) is 5.39. The molecular formula is C15H11ClN2. The van der Waals surface area contributed by atoms with Gasteiger partial charge in [-0.25, -0.2) is 0 Å². The van der Waals surface area contributed by atoms with Crippen molar-refractivity contribution in [1.82, 2.24) is 0 Å². The van der Waals surface area contributed by atoms with E-state index in [0.717, 1.165) is 11.1 Å². The van der Waals surface area contributed by atoms with Gasteiger partial charge in [-0.3, -0.25) is 0 Å². The van der Waals surface area contributed by atoms with Crippen LogP contribution in [0.2, 0.25) is 5.02 Å². The predicted molar refractivity (Wildman–Crippen MR) is 74.5 cm³/mol. The Kier molecular flexibility index (Phi) is 3.66. The summed E-state index contributed by atoms with van der Waals surface area (Å²) in [5.74, 6) is 0. The van der Waals surface area contributed by atoms with E-state index in [1.54, 1.807) is 12.1 Å². The Morgan fingerprint density at radius 1 is 1.00 bits per heavy atom. The summed E-state index contributed by atoms with van der Waals surface area (Å²) in [6.07, 6.45) is 0. The fraction of sp³-hybridized carbons (Fsp3) is 0. The SMILES string of the molecule is N#C/C(=C(/N)c1cccc(Cl)c1)c1ccccc1. The third-order valence-electron chi connectivity index (χ3n) is 2.58. The van der Waals surface area contributed by atoms with Gasteiger partial charge in [0.15, 0.2) is 0 Å². The fourth-order valence-electron chi connectivity index (χ4n) is 1.69. The zero-order chi connectivity index (χ0) is 13.0. The maximum Gasteiger partial charge on any atom is 0.102 e. The van der Waals surface area contributed by atoms with Gasteiger partial charge in [0, 0.05) is 10.6 Å². The summed E-state index contributed by atoms with van der Waals surface area (Å²) in [5, 5.41) is 9.86. The van der Waals surface area contributed by atoms with Crippen LogP contribution in [0.5, 0.6) is 0 Å². The molecule has 18 heavy (non-hydrogen) atoms. The number of hydrogen-bond acceptors (Lipinski definition) is 2. The van der Waals surface area contributed by atoms with Gasteiger partial charge in [0.25, 0.3) is 0 Å². The molecule has 2 nitrogen and oxygen atoms in total. The number of halogens is 1. The molecule has 0 radical (unpaired) electrons. The van der Waals surface area contributed by atoms with Crippen LogP contribution in [0.3, 0.4) is 0 Å². The summed E-state index contributed by atoms with van der Waals surface area (Å²) >= 11 is 5.92. The number of hydrogen-bond donors (Lipinski definition) is 1. The molecule has 3 heteroatoms. The van der Waals surface area contributed by atoms with E-state index in [2.05, 4.69) is 6.07 Å². The Balaban J connectivity index is 2.55. The van der Waals surface area contributed by atoms with E-state index in [1.165, 1.54) is 0 Å². The lowest BCUT2D eigenvalue weighted by Crippen LogP contribution is -2.00. The molecule has 0 saturated heterocycles. The molecule has 2 aromatic rings. The van der Waals surface area contributed by atoms with Gasteiger partial charge in [0.05, 0.1) is 11.3 Å². The standard InChI is InChI=1S/C15H11ClN2/c16-13-8-4-7-12(9-13)15(18)14(10-17)11-5-2-1-3-6-11/h1-9H,18H2/b15-14-. The third kappa shape index (κ3) is 2.53. The zero-order valence-electron chi connectivity index (χ0n) is 9.60. The van der Waals surface area contributed by atoms with Crippen molar-refractivity contribution < 1.29 is 0 Å². The lowest BCUT2D eigenvalue weighted by atomic mass is 10.0. The molecule has 2 N–H and O–H groups in total. The second-order valence-electron chi connectivity index (χ2n) is 3.78. The highest BCUT2D eigenvalue weighted by atomic mass is 35.5. The highest BCUT2D eigenvalue weighted by Gasteiger charge is 2.08. The van der Waals surface area contributed by atoms with Crippen molar-refractivity contribution in [2.75, 3.05) is 0 Å². The topological polar surface area (TPSA) is 49.8 Å². The van der Waals surface area contributed by atoms with E-state index in [9.17, 15) is 5.26 Å². The van der Waals surface area contributed by atoms with Crippen LogP contribution >= 0.6 is 11.6 Å². The summed E-state index contributed by atoms with van der Waals surface area (Å²) in [4.78, 5) is 0.